The molecule has 4 rings (SSSR count). The highest BCUT2D eigenvalue weighted by molar-refractivity contribution is 5.85. The minimum Gasteiger partial charge on any atom is -0.398 e. The van der Waals surface area contributed by atoms with Crippen LogP contribution in [0.4, 0.5) is 15.8 Å². The van der Waals surface area contributed by atoms with Gasteiger partial charge in [-0.05, 0) is 48.7 Å². The van der Waals surface area contributed by atoms with Crippen molar-refractivity contribution in [2.24, 2.45) is 5.73 Å². The maximum absolute atomic E-state index is 13.5. The van der Waals surface area contributed by atoms with Gasteiger partial charge in [0, 0.05) is 59.1 Å². The van der Waals surface area contributed by atoms with E-state index in [1.807, 2.05) is 6.07 Å². The Morgan fingerprint density at radius 1 is 1.17 bits per heavy atom. The second-order valence-electron chi connectivity index (χ2n) is 8.29. The zero-order chi connectivity index (χ0) is 20.4. The lowest BCUT2D eigenvalue weighted by atomic mass is 9.99. The van der Waals surface area contributed by atoms with Gasteiger partial charge in [-0.15, -0.1) is 0 Å². The lowest BCUT2D eigenvalue weighted by Gasteiger charge is -2.30. The summed E-state index contributed by atoms with van der Waals surface area (Å²) in [4.78, 5) is 5.73. The average molecular weight is 395 g/mol. The topological polar surface area (TPSA) is 71.1 Å². The van der Waals surface area contributed by atoms with Gasteiger partial charge in [-0.3, -0.25) is 0 Å². The predicted molar refractivity (Wildman–Crippen MR) is 120 cm³/mol. The van der Waals surface area contributed by atoms with Gasteiger partial charge in [0.15, 0.2) is 0 Å². The van der Waals surface area contributed by atoms with Crippen LogP contribution in [0, 0.1) is 5.82 Å². The maximum atomic E-state index is 13.5. The molecular formula is C24H31FN4. The highest BCUT2D eigenvalue weighted by Gasteiger charge is 2.21. The number of aromatic amines is 1. The maximum Gasteiger partial charge on any atom is 0.125 e. The van der Waals surface area contributed by atoms with Crippen molar-refractivity contribution in [3.05, 3.63) is 59.0 Å². The number of unbranched alkanes of at least 4 members (excludes halogenated alkanes) is 2. The van der Waals surface area contributed by atoms with E-state index in [0.29, 0.717) is 0 Å². The van der Waals surface area contributed by atoms with Crippen molar-refractivity contribution in [3.8, 4) is 0 Å². The molecule has 0 radical (unpaired) electrons. The Labute approximate surface area is 172 Å². The molecule has 1 aliphatic rings. The number of anilines is 2. The third kappa shape index (κ3) is 4.25. The number of nitrogens with one attached hydrogen (secondary N) is 1. The van der Waals surface area contributed by atoms with E-state index in [0.717, 1.165) is 60.2 Å². The highest BCUT2D eigenvalue weighted by Crippen LogP contribution is 2.32. The summed E-state index contributed by atoms with van der Waals surface area (Å²) in [5, 5.41) is 1.11. The van der Waals surface area contributed by atoms with Crippen molar-refractivity contribution in [2.45, 2.75) is 58.0 Å². The largest absolute Gasteiger partial charge is 0.398 e. The molecule has 1 aromatic heterocycles. The first-order chi connectivity index (χ1) is 14.0. The van der Waals surface area contributed by atoms with Crippen LogP contribution < -0.4 is 16.4 Å². The molecule has 0 fully saturated rings. The lowest BCUT2D eigenvalue weighted by molar-refractivity contribution is 0.558. The van der Waals surface area contributed by atoms with E-state index < -0.39 is 0 Å². The van der Waals surface area contributed by atoms with Crippen LogP contribution in [0.2, 0.25) is 0 Å². The zero-order valence-corrected chi connectivity index (χ0v) is 17.2. The van der Waals surface area contributed by atoms with Crippen molar-refractivity contribution >= 4 is 22.3 Å². The van der Waals surface area contributed by atoms with Crippen LogP contribution in [0.5, 0.6) is 0 Å². The molecule has 0 bridgehead atoms. The van der Waals surface area contributed by atoms with Crippen LogP contribution >= 0.6 is 0 Å². The summed E-state index contributed by atoms with van der Waals surface area (Å²) in [6.45, 7) is 3.92. The van der Waals surface area contributed by atoms with Gasteiger partial charge in [-0.1, -0.05) is 32.3 Å². The molecule has 0 aliphatic carbocycles. The summed E-state index contributed by atoms with van der Waals surface area (Å²) in [5.41, 5.74) is 19.1. The van der Waals surface area contributed by atoms with Crippen LogP contribution in [0.15, 0.2) is 36.4 Å². The normalized spacial score (nSPS) is 14.9. The molecule has 5 heteroatoms. The minimum atomic E-state index is -0.204. The second kappa shape index (κ2) is 8.46. The standard InChI is InChI=1S/C24H31FN4/c1-2-3-4-5-18(26)12-16-6-8-19(14-22(16)27)29-11-10-23-21(15-29)20-9-7-17(25)13-24(20)28-23/h6-9,13-14,18,28H,2-5,10-12,15,26-27H2,1H3. The number of aromatic nitrogens is 1. The number of benzene rings is 2. The summed E-state index contributed by atoms with van der Waals surface area (Å²) in [6, 6.07) is 11.5. The van der Waals surface area contributed by atoms with Crippen molar-refractivity contribution in [1.82, 2.24) is 4.98 Å². The summed E-state index contributed by atoms with van der Waals surface area (Å²) in [5.74, 6) is -0.204. The molecule has 0 saturated carbocycles. The van der Waals surface area contributed by atoms with Crippen LogP contribution in [0.1, 0.15) is 49.4 Å². The molecule has 1 unspecified atom stereocenters. The molecule has 2 heterocycles. The summed E-state index contributed by atoms with van der Waals surface area (Å²) >= 11 is 0. The Bertz CT molecular complexity index is 994. The van der Waals surface area contributed by atoms with Gasteiger partial charge in [-0.25, -0.2) is 4.39 Å². The van der Waals surface area contributed by atoms with E-state index in [2.05, 4.69) is 35.0 Å². The van der Waals surface area contributed by atoms with Crippen molar-refractivity contribution in [2.75, 3.05) is 17.2 Å². The highest BCUT2D eigenvalue weighted by atomic mass is 19.1. The summed E-state index contributed by atoms with van der Waals surface area (Å²) < 4.78 is 13.5. The van der Waals surface area contributed by atoms with Gasteiger partial charge >= 0.3 is 0 Å². The van der Waals surface area contributed by atoms with Gasteiger partial charge in [0.05, 0.1) is 0 Å². The van der Waals surface area contributed by atoms with Crippen molar-refractivity contribution in [1.29, 1.82) is 0 Å². The first-order valence-corrected chi connectivity index (χ1v) is 10.7. The molecule has 4 nitrogen and oxygen atoms in total. The van der Waals surface area contributed by atoms with E-state index >= 15 is 0 Å². The van der Waals surface area contributed by atoms with Crippen molar-refractivity contribution in [3.63, 3.8) is 0 Å². The Balaban J connectivity index is 1.48. The summed E-state index contributed by atoms with van der Waals surface area (Å²) in [6.07, 6.45) is 6.42. The fourth-order valence-corrected chi connectivity index (χ4v) is 4.42. The zero-order valence-electron chi connectivity index (χ0n) is 17.2. The number of H-pyrrole nitrogens is 1. The number of hydrogen-bond acceptors (Lipinski definition) is 3. The monoisotopic (exact) mass is 394 g/mol. The van der Waals surface area contributed by atoms with Gasteiger partial charge in [-0.2, -0.15) is 0 Å². The van der Waals surface area contributed by atoms with Crippen molar-refractivity contribution < 1.29 is 4.39 Å². The minimum absolute atomic E-state index is 0.166. The molecule has 1 aliphatic heterocycles. The number of nitrogens with two attached hydrogens (primary N) is 2. The van der Waals surface area contributed by atoms with Crippen LogP contribution in [-0.4, -0.2) is 17.6 Å². The van der Waals surface area contributed by atoms with Crippen LogP contribution in [0.3, 0.4) is 0 Å². The first kappa shape index (κ1) is 19.8. The van der Waals surface area contributed by atoms with E-state index in [1.165, 1.54) is 36.6 Å². The van der Waals surface area contributed by atoms with Gasteiger partial charge in [0.25, 0.3) is 0 Å². The van der Waals surface area contributed by atoms with Crippen LogP contribution in [-0.2, 0) is 19.4 Å². The van der Waals surface area contributed by atoms with Gasteiger partial charge < -0.3 is 21.4 Å². The predicted octanol–water partition coefficient (Wildman–Crippen LogP) is 4.90. The Morgan fingerprint density at radius 2 is 2.03 bits per heavy atom. The fraction of sp³-hybridized carbons (Fsp3) is 0.417. The number of nitrogen functional groups attached to an aromatic ring is 1. The Hall–Kier alpha value is -2.53. The smallest absolute Gasteiger partial charge is 0.125 e. The Kier molecular flexibility index (Phi) is 5.76. The van der Waals surface area contributed by atoms with E-state index in [9.17, 15) is 4.39 Å². The number of halogens is 1. The number of fused-ring (bicyclic) bond motifs is 3. The second-order valence-corrected chi connectivity index (χ2v) is 8.29. The van der Waals surface area contributed by atoms with Gasteiger partial charge in [0.2, 0.25) is 0 Å². The first-order valence-electron chi connectivity index (χ1n) is 10.7. The number of hydrogen-bond donors (Lipinski definition) is 3. The summed E-state index contributed by atoms with van der Waals surface area (Å²) in [7, 11) is 0. The molecule has 154 valence electrons. The molecule has 5 N–H and O–H groups in total. The van der Waals surface area contributed by atoms with Crippen LogP contribution in [0.25, 0.3) is 10.9 Å². The van der Waals surface area contributed by atoms with E-state index in [4.69, 9.17) is 11.5 Å². The van der Waals surface area contributed by atoms with E-state index in [-0.39, 0.29) is 11.9 Å². The Morgan fingerprint density at radius 3 is 2.83 bits per heavy atom. The molecule has 29 heavy (non-hydrogen) atoms. The third-order valence-corrected chi connectivity index (χ3v) is 6.09. The molecule has 1 atom stereocenters. The molecule has 0 amide bonds. The molecule has 0 spiro atoms. The third-order valence-electron chi connectivity index (χ3n) is 6.09. The molecule has 2 aromatic carbocycles. The quantitative estimate of drug-likeness (QED) is 0.394. The SMILES string of the molecule is CCCCCC(N)Cc1ccc(N2CCc3[nH]c4cc(F)ccc4c3C2)cc1N. The van der Waals surface area contributed by atoms with Gasteiger partial charge in [0.1, 0.15) is 5.82 Å². The average Bonchev–Trinajstić information content (AvgIpc) is 3.06. The number of nitrogens with zero attached hydrogens (tertiary/aromatic N) is 1. The number of rotatable bonds is 7. The fourth-order valence-electron chi connectivity index (χ4n) is 4.42. The van der Waals surface area contributed by atoms with E-state index in [1.54, 1.807) is 6.07 Å². The lowest BCUT2D eigenvalue weighted by Crippen LogP contribution is -2.30. The molecule has 3 aromatic rings. The molecular weight excluding hydrogens is 363 g/mol. The molecule has 0 saturated heterocycles.